The number of ether oxygens (including phenoxy) is 2. The highest BCUT2D eigenvalue weighted by molar-refractivity contribution is 5.87. The number of hydrogen-bond donors (Lipinski definition) is 1. The predicted molar refractivity (Wildman–Crippen MR) is 79.7 cm³/mol. The second-order valence-electron chi connectivity index (χ2n) is 5.36. The van der Waals surface area contributed by atoms with E-state index in [1.165, 1.54) is 11.8 Å². The largest absolute Gasteiger partial charge is 0.484 e. The normalized spacial score (nSPS) is 20.2. The monoisotopic (exact) mass is 321 g/mol. The first kappa shape index (κ1) is 17.0. The van der Waals surface area contributed by atoms with Crippen LogP contribution in [0, 0.1) is 0 Å². The lowest BCUT2D eigenvalue weighted by molar-refractivity contribution is -0.155. The maximum atomic E-state index is 12.2. The van der Waals surface area contributed by atoms with Crippen LogP contribution in [0.1, 0.15) is 13.3 Å². The number of para-hydroxylation sites is 1. The molecule has 0 aromatic heterocycles. The van der Waals surface area contributed by atoms with Crippen LogP contribution in [-0.4, -0.2) is 59.6 Å². The van der Waals surface area contributed by atoms with Gasteiger partial charge in [-0.25, -0.2) is 4.79 Å². The molecule has 1 aromatic rings. The van der Waals surface area contributed by atoms with E-state index in [9.17, 15) is 19.5 Å². The standard InChI is InChI=1S/C16H19NO6/c1-11(18)9-23-16(21)14-7-12(19)8-17(14)15(20)10-22-13-5-3-2-4-6-13/h2-6,12,14,19H,7-10H2,1H3. The molecule has 2 rings (SSSR count). The van der Waals surface area contributed by atoms with E-state index in [0.29, 0.717) is 5.75 Å². The molecule has 2 atom stereocenters. The summed E-state index contributed by atoms with van der Waals surface area (Å²) in [7, 11) is 0. The Labute approximate surface area is 133 Å². The van der Waals surface area contributed by atoms with Gasteiger partial charge >= 0.3 is 5.97 Å². The minimum atomic E-state index is -0.892. The number of aliphatic hydroxyl groups is 1. The van der Waals surface area contributed by atoms with Gasteiger partial charge in [-0.3, -0.25) is 9.59 Å². The van der Waals surface area contributed by atoms with Gasteiger partial charge in [-0.2, -0.15) is 0 Å². The first-order valence-electron chi connectivity index (χ1n) is 7.29. The van der Waals surface area contributed by atoms with Gasteiger partial charge in [0.15, 0.2) is 12.4 Å². The minimum absolute atomic E-state index is 0.0385. The summed E-state index contributed by atoms with van der Waals surface area (Å²) in [6.45, 7) is 0.755. The van der Waals surface area contributed by atoms with Crippen molar-refractivity contribution in [1.82, 2.24) is 4.90 Å². The average Bonchev–Trinajstić information content (AvgIpc) is 2.93. The van der Waals surface area contributed by atoms with Crippen molar-refractivity contribution in [2.24, 2.45) is 0 Å². The van der Waals surface area contributed by atoms with Crippen molar-refractivity contribution in [3.8, 4) is 5.75 Å². The summed E-state index contributed by atoms with van der Waals surface area (Å²) in [5.41, 5.74) is 0. The van der Waals surface area contributed by atoms with E-state index in [1.54, 1.807) is 24.3 Å². The van der Waals surface area contributed by atoms with Gasteiger partial charge in [-0.15, -0.1) is 0 Å². The maximum Gasteiger partial charge on any atom is 0.329 e. The Morgan fingerprint density at radius 1 is 1.22 bits per heavy atom. The lowest BCUT2D eigenvalue weighted by Gasteiger charge is -2.22. The lowest BCUT2D eigenvalue weighted by Crippen LogP contribution is -2.44. The number of aliphatic hydroxyl groups excluding tert-OH is 1. The lowest BCUT2D eigenvalue weighted by atomic mass is 10.2. The number of carbonyl (C=O) groups excluding carboxylic acids is 3. The summed E-state index contributed by atoms with van der Waals surface area (Å²) in [6.07, 6.45) is -0.709. The van der Waals surface area contributed by atoms with Crippen molar-refractivity contribution >= 4 is 17.7 Å². The molecule has 0 aliphatic carbocycles. The Hall–Kier alpha value is -2.41. The Balaban J connectivity index is 1.93. The summed E-state index contributed by atoms with van der Waals surface area (Å²) in [5.74, 6) is -0.863. The van der Waals surface area contributed by atoms with Crippen molar-refractivity contribution < 1.29 is 29.0 Å². The topological polar surface area (TPSA) is 93.1 Å². The highest BCUT2D eigenvalue weighted by Gasteiger charge is 2.40. The fourth-order valence-corrected chi connectivity index (χ4v) is 2.33. The highest BCUT2D eigenvalue weighted by Crippen LogP contribution is 2.20. The molecule has 1 aliphatic rings. The second kappa shape index (κ2) is 7.73. The van der Waals surface area contributed by atoms with Crippen LogP contribution in [-0.2, 0) is 19.1 Å². The molecule has 1 N–H and O–H groups in total. The number of Topliss-reactive ketones (excluding diaryl/α,β-unsaturated/α-hetero) is 1. The quantitative estimate of drug-likeness (QED) is 0.750. The summed E-state index contributed by atoms with van der Waals surface area (Å²) in [4.78, 5) is 36.3. The van der Waals surface area contributed by atoms with Crippen LogP contribution in [0.4, 0.5) is 0 Å². The zero-order chi connectivity index (χ0) is 16.8. The maximum absolute atomic E-state index is 12.2. The molecular weight excluding hydrogens is 302 g/mol. The van der Waals surface area contributed by atoms with Gasteiger partial charge in [-0.1, -0.05) is 18.2 Å². The molecule has 2 unspecified atom stereocenters. The Morgan fingerprint density at radius 2 is 1.91 bits per heavy atom. The zero-order valence-electron chi connectivity index (χ0n) is 12.8. The summed E-state index contributed by atoms with van der Waals surface area (Å²) >= 11 is 0. The van der Waals surface area contributed by atoms with E-state index in [2.05, 4.69) is 0 Å². The van der Waals surface area contributed by atoms with Crippen LogP contribution >= 0.6 is 0 Å². The zero-order valence-corrected chi connectivity index (χ0v) is 12.8. The summed E-state index contributed by atoms with van der Waals surface area (Å²) < 4.78 is 10.2. The number of amides is 1. The third kappa shape index (κ3) is 4.79. The van der Waals surface area contributed by atoms with Crippen LogP contribution in [0.3, 0.4) is 0 Å². The summed E-state index contributed by atoms with van der Waals surface area (Å²) in [6, 6.07) is 7.92. The molecule has 7 heteroatoms. The Kier molecular flexibility index (Phi) is 5.70. The smallest absolute Gasteiger partial charge is 0.329 e. The molecule has 1 aromatic carbocycles. The summed E-state index contributed by atoms with van der Waals surface area (Å²) in [5, 5.41) is 9.72. The van der Waals surface area contributed by atoms with E-state index in [1.807, 2.05) is 6.07 Å². The van der Waals surface area contributed by atoms with Crippen LogP contribution in [0.15, 0.2) is 30.3 Å². The number of carbonyl (C=O) groups is 3. The number of β-amino-alcohol motifs (C(OH)–C–C–N with tert-alkyl or cyclic N) is 1. The first-order chi connectivity index (χ1) is 11.0. The molecule has 1 aliphatic heterocycles. The Bertz CT molecular complexity index is 573. The number of nitrogens with zero attached hydrogens (tertiary/aromatic N) is 1. The van der Waals surface area contributed by atoms with Crippen LogP contribution in [0.5, 0.6) is 5.75 Å². The number of likely N-dealkylation sites (tertiary alicyclic amines) is 1. The molecule has 0 saturated carbocycles. The van der Waals surface area contributed by atoms with Crippen molar-refractivity contribution in [1.29, 1.82) is 0 Å². The fraction of sp³-hybridized carbons (Fsp3) is 0.438. The molecule has 1 amide bonds. The van der Waals surface area contributed by atoms with E-state index in [-0.39, 0.29) is 32.0 Å². The highest BCUT2D eigenvalue weighted by atomic mass is 16.5. The van der Waals surface area contributed by atoms with Gasteiger partial charge in [0.1, 0.15) is 18.4 Å². The molecular formula is C16H19NO6. The first-order valence-corrected chi connectivity index (χ1v) is 7.29. The van der Waals surface area contributed by atoms with Gasteiger partial charge in [0.25, 0.3) is 5.91 Å². The minimum Gasteiger partial charge on any atom is -0.484 e. The van der Waals surface area contributed by atoms with E-state index < -0.39 is 24.0 Å². The van der Waals surface area contributed by atoms with Crippen LogP contribution < -0.4 is 4.74 Å². The number of rotatable bonds is 6. The number of ketones is 1. The van der Waals surface area contributed by atoms with Crippen molar-refractivity contribution in [3.63, 3.8) is 0 Å². The van der Waals surface area contributed by atoms with E-state index in [4.69, 9.17) is 9.47 Å². The molecule has 1 fully saturated rings. The molecule has 23 heavy (non-hydrogen) atoms. The third-order valence-corrected chi connectivity index (χ3v) is 3.39. The van der Waals surface area contributed by atoms with Crippen LogP contribution in [0.25, 0.3) is 0 Å². The van der Waals surface area contributed by atoms with Crippen molar-refractivity contribution in [2.45, 2.75) is 25.5 Å². The number of hydrogen-bond acceptors (Lipinski definition) is 6. The molecule has 1 saturated heterocycles. The number of benzene rings is 1. The molecule has 124 valence electrons. The molecule has 7 nitrogen and oxygen atoms in total. The molecule has 0 radical (unpaired) electrons. The Morgan fingerprint density at radius 3 is 2.57 bits per heavy atom. The number of esters is 1. The second-order valence-corrected chi connectivity index (χ2v) is 5.36. The van der Waals surface area contributed by atoms with Crippen molar-refractivity contribution in [3.05, 3.63) is 30.3 Å². The molecule has 0 bridgehead atoms. The predicted octanol–water partition coefficient (Wildman–Crippen LogP) is 0.159. The van der Waals surface area contributed by atoms with E-state index >= 15 is 0 Å². The van der Waals surface area contributed by atoms with Gasteiger partial charge in [0.2, 0.25) is 0 Å². The van der Waals surface area contributed by atoms with Crippen molar-refractivity contribution in [2.75, 3.05) is 19.8 Å². The van der Waals surface area contributed by atoms with E-state index in [0.717, 1.165) is 0 Å². The van der Waals surface area contributed by atoms with Gasteiger partial charge in [0, 0.05) is 13.0 Å². The average molecular weight is 321 g/mol. The SMILES string of the molecule is CC(=O)COC(=O)C1CC(O)CN1C(=O)COc1ccccc1. The third-order valence-electron chi connectivity index (χ3n) is 3.39. The van der Waals surface area contributed by atoms with Gasteiger partial charge in [0.05, 0.1) is 6.10 Å². The van der Waals surface area contributed by atoms with Gasteiger partial charge in [-0.05, 0) is 19.1 Å². The fourth-order valence-electron chi connectivity index (χ4n) is 2.33. The van der Waals surface area contributed by atoms with Gasteiger partial charge < -0.3 is 19.5 Å². The van der Waals surface area contributed by atoms with Crippen LogP contribution in [0.2, 0.25) is 0 Å². The molecule has 0 spiro atoms. The molecule has 1 heterocycles.